The van der Waals surface area contributed by atoms with Crippen LogP contribution in [0.2, 0.25) is 5.02 Å². The van der Waals surface area contributed by atoms with Gasteiger partial charge in [-0.15, -0.1) is 0 Å². The lowest BCUT2D eigenvalue weighted by molar-refractivity contribution is 0.0696. The Morgan fingerprint density at radius 2 is 1.85 bits per heavy atom. The number of halogens is 1. The Balaban J connectivity index is 2.04. The summed E-state index contributed by atoms with van der Waals surface area (Å²) in [5.41, 5.74) is 5.40. The summed E-state index contributed by atoms with van der Waals surface area (Å²) in [4.78, 5) is 26.3. The van der Waals surface area contributed by atoms with Gasteiger partial charge in [-0.2, -0.15) is 0 Å². The van der Waals surface area contributed by atoms with Gasteiger partial charge in [0.05, 0.1) is 10.6 Å². The van der Waals surface area contributed by atoms with Crippen LogP contribution in [0.3, 0.4) is 0 Å². The molecular formula is C13H10ClN3O3. The quantitative estimate of drug-likeness (QED) is 0.751. The molecular weight excluding hydrogens is 282 g/mol. The first-order valence-corrected chi connectivity index (χ1v) is 5.96. The number of carboxylic acid groups (broad SMARTS) is 1. The number of aromatic carboxylic acids is 1. The van der Waals surface area contributed by atoms with E-state index in [4.69, 9.17) is 16.7 Å². The molecule has 6 nitrogen and oxygen atoms in total. The Morgan fingerprint density at radius 3 is 2.45 bits per heavy atom. The number of nitrogens with zero attached hydrogens (tertiary/aromatic N) is 1. The first kappa shape index (κ1) is 13.8. The predicted octanol–water partition coefficient (Wildman–Crippen LogP) is 2.19. The van der Waals surface area contributed by atoms with Crippen LogP contribution in [-0.4, -0.2) is 22.0 Å². The molecule has 1 aromatic carbocycles. The molecule has 0 radical (unpaired) electrons. The van der Waals surface area contributed by atoms with Crippen molar-refractivity contribution in [2.45, 2.75) is 0 Å². The van der Waals surface area contributed by atoms with E-state index in [9.17, 15) is 9.59 Å². The summed E-state index contributed by atoms with van der Waals surface area (Å²) in [5.74, 6) is -1.31. The number of nitrogens with one attached hydrogen (secondary N) is 2. The highest BCUT2D eigenvalue weighted by Crippen LogP contribution is 2.19. The minimum atomic E-state index is -1.13. The van der Waals surface area contributed by atoms with E-state index in [0.717, 1.165) is 6.20 Å². The molecule has 20 heavy (non-hydrogen) atoms. The van der Waals surface area contributed by atoms with Gasteiger partial charge < -0.3 is 5.11 Å². The van der Waals surface area contributed by atoms with E-state index in [1.807, 2.05) is 0 Å². The highest BCUT2D eigenvalue weighted by molar-refractivity contribution is 6.33. The molecule has 0 aliphatic heterocycles. The van der Waals surface area contributed by atoms with Gasteiger partial charge in [-0.25, -0.2) is 9.78 Å². The van der Waals surface area contributed by atoms with Gasteiger partial charge in [-0.05, 0) is 18.2 Å². The van der Waals surface area contributed by atoms with E-state index in [0.29, 0.717) is 5.56 Å². The van der Waals surface area contributed by atoms with Crippen LogP contribution < -0.4 is 10.9 Å². The number of hydrazine groups is 1. The van der Waals surface area contributed by atoms with Crippen LogP contribution in [0.4, 0.5) is 5.82 Å². The Bertz CT molecular complexity index is 647. The van der Waals surface area contributed by atoms with Crippen LogP contribution in [0.25, 0.3) is 0 Å². The van der Waals surface area contributed by atoms with Crippen LogP contribution in [0.15, 0.2) is 42.6 Å². The molecule has 7 heteroatoms. The summed E-state index contributed by atoms with van der Waals surface area (Å²) in [5, 5.41) is 8.87. The molecule has 0 saturated carbocycles. The summed E-state index contributed by atoms with van der Waals surface area (Å²) in [7, 11) is 0. The number of anilines is 1. The van der Waals surface area contributed by atoms with E-state index in [-0.39, 0.29) is 22.3 Å². The third-order valence-corrected chi connectivity index (χ3v) is 2.71. The number of amides is 1. The van der Waals surface area contributed by atoms with Gasteiger partial charge in [-0.1, -0.05) is 29.8 Å². The van der Waals surface area contributed by atoms with E-state index in [1.54, 1.807) is 30.3 Å². The van der Waals surface area contributed by atoms with Crippen molar-refractivity contribution in [2.24, 2.45) is 0 Å². The molecule has 0 aliphatic carbocycles. The van der Waals surface area contributed by atoms with Crippen LogP contribution in [-0.2, 0) is 0 Å². The molecule has 1 aromatic heterocycles. The fourth-order valence-electron chi connectivity index (χ4n) is 1.42. The molecule has 0 bridgehead atoms. The summed E-state index contributed by atoms with van der Waals surface area (Å²) >= 11 is 5.86. The predicted molar refractivity (Wildman–Crippen MR) is 73.7 cm³/mol. The minimum absolute atomic E-state index is 0.0325. The second-order valence-electron chi connectivity index (χ2n) is 3.80. The van der Waals surface area contributed by atoms with Crippen molar-refractivity contribution in [3.63, 3.8) is 0 Å². The van der Waals surface area contributed by atoms with Crippen molar-refractivity contribution in [3.8, 4) is 0 Å². The number of carbonyl (C=O) groups is 2. The summed E-state index contributed by atoms with van der Waals surface area (Å²) < 4.78 is 0. The molecule has 0 saturated heterocycles. The largest absolute Gasteiger partial charge is 0.478 e. The van der Waals surface area contributed by atoms with Crippen molar-refractivity contribution in [3.05, 3.63) is 58.7 Å². The standard InChI is InChI=1S/C13H10ClN3O3/c14-10-6-9(13(19)20)7-15-11(10)16-17-12(18)8-4-2-1-3-5-8/h1-7H,(H,15,16)(H,17,18)(H,19,20). The number of hydrogen-bond acceptors (Lipinski definition) is 4. The van der Waals surface area contributed by atoms with Crippen LogP contribution >= 0.6 is 11.6 Å². The lowest BCUT2D eigenvalue weighted by Crippen LogP contribution is -2.29. The number of carbonyl (C=O) groups excluding carboxylic acids is 1. The highest BCUT2D eigenvalue weighted by atomic mass is 35.5. The Labute approximate surface area is 119 Å². The number of benzene rings is 1. The molecule has 0 atom stereocenters. The number of hydrogen-bond donors (Lipinski definition) is 3. The van der Waals surface area contributed by atoms with E-state index < -0.39 is 5.97 Å². The normalized spacial score (nSPS) is 9.85. The van der Waals surface area contributed by atoms with Gasteiger partial charge in [0, 0.05) is 11.8 Å². The molecule has 3 N–H and O–H groups in total. The molecule has 2 rings (SSSR count). The average molecular weight is 292 g/mol. The fourth-order valence-corrected chi connectivity index (χ4v) is 1.64. The Hall–Kier alpha value is -2.60. The van der Waals surface area contributed by atoms with Crippen molar-refractivity contribution in [1.29, 1.82) is 0 Å². The number of carboxylic acids is 1. The molecule has 0 spiro atoms. The molecule has 1 amide bonds. The molecule has 0 unspecified atom stereocenters. The zero-order chi connectivity index (χ0) is 14.5. The van der Waals surface area contributed by atoms with Crippen molar-refractivity contribution >= 4 is 29.3 Å². The van der Waals surface area contributed by atoms with Gasteiger partial charge in [0.15, 0.2) is 5.82 Å². The maximum absolute atomic E-state index is 11.8. The topological polar surface area (TPSA) is 91.3 Å². The molecule has 0 aliphatic rings. The third-order valence-electron chi connectivity index (χ3n) is 2.42. The van der Waals surface area contributed by atoms with Crippen molar-refractivity contribution in [1.82, 2.24) is 10.4 Å². The lowest BCUT2D eigenvalue weighted by atomic mass is 10.2. The van der Waals surface area contributed by atoms with Gasteiger partial charge in [0.25, 0.3) is 5.91 Å². The Morgan fingerprint density at radius 1 is 1.15 bits per heavy atom. The fraction of sp³-hybridized carbons (Fsp3) is 0. The lowest BCUT2D eigenvalue weighted by Gasteiger charge is -2.09. The SMILES string of the molecule is O=C(O)c1cnc(NNC(=O)c2ccccc2)c(Cl)c1. The smallest absolute Gasteiger partial charge is 0.337 e. The maximum atomic E-state index is 11.8. The van der Waals surface area contributed by atoms with E-state index in [1.165, 1.54) is 6.07 Å². The number of pyridine rings is 1. The second kappa shape index (κ2) is 6.03. The van der Waals surface area contributed by atoms with Crippen molar-refractivity contribution < 1.29 is 14.7 Å². The highest BCUT2D eigenvalue weighted by Gasteiger charge is 2.09. The van der Waals surface area contributed by atoms with E-state index >= 15 is 0 Å². The van der Waals surface area contributed by atoms with Crippen LogP contribution in [0.1, 0.15) is 20.7 Å². The van der Waals surface area contributed by atoms with Gasteiger partial charge in [0.1, 0.15) is 0 Å². The first-order valence-electron chi connectivity index (χ1n) is 5.58. The van der Waals surface area contributed by atoms with Gasteiger partial charge in [-0.3, -0.25) is 15.6 Å². The molecule has 2 aromatic rings. The molecule has 0 fully saturated rings. The third kappa shape index (κ3) is 3.24. The number of rotatable bonds is 4. The van der Waals surface area contributed by atoms with Gasteiger partial charge >= 0.3 is 5.97 Å². The second-order valence-corrected chi connectivity index (χ2v) is 4.21. The average Bonchev–Trinajstić information content (AvgIpc) is 2.46. The first-order chi connectivity index (χ1) is 9.58. The zero-order valence-corrected chi connectivity index (χ0v) is 10.9. The zero-order valence-electron chi connectivity index (χ0n) is 10.1. The van der Waals surface area contributed by atoms with E-state index in [2.05, 4.69) is 15.8 Å². The van der Waals surface area contributed by atoms with Crippen molar-refractivity contribution in [2.75, 3.05) is 5.43 Å². The monoisotopic (exact) mass is 291 g/mol. The Kier molecular flexibility index (Phi) is 4.17. The maximum Gasteiger partial charge on any atom is 0.337 e. The van der Waals surface area contributed by atoms with Crippen LogP contribution in [0, 0.1) is 0 Å². The summed E-state index contributed by atoms with van der Waals surface area (Å²) in [6, 6.07) is 9.82. The van der Waals surface area contributed by atoms with Gasteiger partial charge in [0.2, 0.25) is 0 Å². The summed E-state index contributed by atoms with van der Waals surface area (Å²) in [6.07, 6.45) is 1.14. The minimum Gasteiger partial charge on any atom is -0.478 e. The summed E-state index contributed by atoms with van der Waals surface area (Å²) in [6.45, 7) is 0. The molecule has 102 valence electrons. The number of aromatic nitrogens is 1. The molecule has 1 heterocycles. The van der Waals surface area contributed by atoms with Crippen LogP contribution in [0.5, 0.6) is 0 Å².